The first-order valence-electron chi connectivity index (χ1n) is 6.84. The molecule has 1 aromatic carbocycles. The summed E-state index contributed by atoms with van der Waals surface area (Å²) in [6, 6.07) is 13.7. The molecular formula is C17H12N2O2S. The van der Waals surface area contributed by atoms with Gasteiger partial charge in [-0.2, -0.15) is 0 Å². The Morgan fingerprint density at radius 3 is 3.05 bits per heavy atom. The van der Waals surface area contributed by atoms with Gasteiger partial charge in [0.1, 0.15) is 24.3 Å². The highest BCUT2D eigenvalue weighted by Crippen LogP contribution is 2.24. The smallest absolute Gasteiger partial charge is 0.236 e. The standard InChI is InChI=1S/C17H12N2O2S/c1-3-12-9-14(5-6-15(12)18-7-1)20-10-13-11-21-17(19-13)16-4-2-8-22-16/h1-9,11H,10H2. The molecule has 4 aromatic rings. The van der Waals surface area contributed by atoms with E-state index in [4.69, 9.17) is 9.15 Å². The van der Waals surface area contributed by atoms with E-state index in [1.807, 2.05) is 47.8 Å². The van der Waals surface area contributed by atoms with Crippen LogP contribution >= 0.6 is 11.3 Å². The molecule has 0 aliphatic carbocycles. The molecule has 0 N–H and O–H groups in total. The van der Waals surface area contributed by atoms with Crippen LogP contribution in [-0.4, -0.2) is 9.97 Å². The van der Waals surface area contributed by atoms with Crippen molar-refractivity contribution < 1.29 is 9.15 Å². The molecular weight excluding hydrogens is 296 g/mol. The second kappa shape index (κ2) is 5.61. The van der Waals surface area contributed by atoms with Gasteiger partial charge in [0.25, 0.3) is 0 Å². The summed E-state index contributed by atoms with van der Waals surface area (Å²) in [4.78, 5) is 9.74. The van der Waals surface area contributed by atoms with E-state index in [9.17, 15) is 0 Å². The molecule has 0 amide bonds. The second-order valence-electron chi connectivity index (χ2n) is 4.77. The van der Waals surface area contributed by atoms with Crippen molar-refractivity contribution in [1.82, 2.24) is 9.97 Å². The number of fused-ring (bicyclic) bond motifs is 1. The Morgan fingerprint density at radius 2 is 2.14 bits per heavy atom. The number of thiophene rings is 1. The topological polar surface area (TPSA) is 48.2 Å². The fourth-order valence-electron chi connectivity index (χ4n) is 2.19. The molecule has 4 nitrogen and oxygen atoms in total. The summed E-state index contributed by atoms with van der Waals surface area (Å²) in [5.41, 5.74) is 1.73. The summed E-state index contributed by atoms with van der Waals surface area (Å²) in [6.45, 7) is 0.376. The Kier molecular flexibility index (Phi) is 3.33. The van der Waals surface area contributed by atoms with Crippen molar-refractivity contribution in [3.63, 3.8) is 0 Å². The summed E-state index contributed by atoms with van der Waals surface area (Å²) in [7, 11) is 0. The zero-order valence-corrected chi connectivity index (χ0v) is 12.4. The molecule has 0 saturated carbocycles. The minimum atomic E-state index is 0.376. The van der Waals surface area contributed by atoms with Gasteiger partial charge >= 0.3 is 0 Å². The molecule has 0 atom stereocenters. The molecule has 0 aliphatic heterocycles. The summed E-state index contributed by atoms with van der Waals surface area (Å²) >= 11 is 1.60. The van der Waals surface area contributed by atoms with Crippen molar-refractivity contribution in [3.05, 3.63) is 66.0 Å². The van der Waals surface area contributed by atoms with Crippen LogP contribution in [0.15, 0.2) is 64.7 Å². The first-order valence-corrected chi connectivity index (χ1v) is 7.72. The van der Waals surface area contributed by atoms with Crippen LogP contribution in [0.3, 0.4) is 0 Å². The molecule has 0 unspecified atom stereocenters. The summed E-state index contributed by atoms with van der Waals surface area (Å²) in [6.07, 6.45) is 3.42. The highest BCUT2D eigenvalue weighted by atomic mass is 32.1. The first-order chi connectivity index (χ1) is 10.9. The predicted molar refractivity (Wildman–Crippen MR) is 85.9 cm³/mol. The predicted octanol–water partition coefficient (Wildman–Crippen LogP) is 4.53. The van der Waals surface area contributed by atoms with Crippen LogP contribution in [0.4, 0.5) is 0 Å². The molecule has 108 valence electrons. The van der Waals surface area contributed by atoms with Crippen molar-refractivity contribution in [2.75, 3.05) is 0 Å². The third-order valence-electron chi connectivity index (χ3n) is 3.24. The van der Waals surface area contributed by atoms with Gasteiger partial charge in [-0.05, 0) is 35.7 Å². The Morgan fingerprint density at radius 1 is 1.14 bits per heavy atom. The van der Waals surface area contributed by atoms with Gasteiger partial charge < -0.3 is 9.15 Å². The van der Waals surface area contributed by atoms with Gasteiger partial charge in [0, 0.05) is 11.6 Å². The monoisotopic (exact) mass is 308 g/mol. The molecule has 4 rings (SSSR count). The number of benzene rings is 1. The van der Waals surface area contributed by atoms with Crippen LogP contribution < -0.4 is 4.74 Å². The maximum Gasteiger partial charge on any atom is 0.236 e. The molecule has 0 aliphatic rings. The quantitative estimate of drug-likeness (QED) is 0.555. The lowest BCUT2D eigenvalue weighted by molar-refractivity contribution is 0.301. The number of ether oxygens (including phenoxy) is 1. The largest absolute Gasteiger partial charge is 0.487 e. The van der Waals surface area contributed by atoms with E-state index in [1.165, 1.54) is 0 Å². The van der Waals surface area contributed by atoms with Crippen molar-refractivity contribution in [2.45, 2.75) is 6.61 Å². The van der Waals surface area contributed by atoms with E-state index in [-0.39, 0.29) is 0 Å². The lowest BCUT2D eigenvalue weighted by Gasteiger charge is -2.04. The molecule has 3 aromatic heterocycles. The molecule has 0 bridgehead atoms. The number of pyridine rings is 1. The number of aromatic nitrogens is 2. The van der Waals surface area contributed by atoms with Gasteiger partial charge in [-0.1, -0.05) is 12.1 Å². The average molecular weight is 308 g/mol. The van der Waals surface area contributed by atoms with Crippen molar-refractivity contribution >= 4 is 22.2 Å². The number of oxazole rings is 1. The Bertz CT molecular complexity index is 900. The highest BCUT2D eigenvalue weighted by molar-refractivity contribution is 7.13. The number of nitrogens with zero attached hydrogens (tertiary/aromatic N) is 2. The van der Waals surface area contributed by atoms with Gasteiger partial charge in [-0.25, -0.2) is 4.98 Å². The van der Waals surface area contributed by atoms with E-state index in [0.29, 0.717) is 12.5 Å². The summed E-state index contributed by atoms with van der Waals surface area (Å²) in [5.74, 6) is 1.43. The fraction of sp³-hybridized carbons (Fsp3) is 0.0588. The van der Waals surface area contributed by atoms with E-state index in [2.05, 4.69) is 9.97 Å². The number of hydrogen-bond donors (Lipinski definition) is 0. The normalized spacial score (nSPS) is 10.9. The number of rotatable bonds is 4. The van der Waals surface area contributed by atoms with Crippen LogP contribution in [0.5, 0.6) is 5.75 Å². The molecule has 0 fully saturated rings. The van der Waals surface area contributed by atoms with Crippen molar-refractivity contribution in [2.24, 2.45) is 0 Å². The van der Waals surface area contributed by atoms with E-state index in [0.717, 1.165) is 27.2 Å². The van der Waals surface area contributed by atoms with Crippen LogP contribution in [0.1, 0.15) is 5.69 Å². The van der Waals surface area contributed by atoms with Gasteiger partial charge in [-0.15, -0.1) is 11.3 Å². The SMILES string of the molecule is c1csc(-c2nc(COc3ccc4ncccc4c3)co2)c1. The molecule has 0 saturated heterocycles. The van der Waals surface area contributed by atoms with Crippen molar-refractivity contribution in [1.29, 1.82) is 0 Å². The molecule has 22 heavy (non-hydrogen) atoms. The minimum Gasteiger partial charge on any atom is -0.487 e. The zero-order valence-electron chi connectivity index (χ0n) is 11.6. The molecule has 5 heteroatoms. The zero-order chi connectivity index (χ0) is 14.8. The van der Waals surface area contributed by atoms with Crippen LogP contribution in [-0.2, 0) is 6.61 Å². The van der Waals surface area contributed by atoms with E-state index in [1.54, 1.807) is 23.8 Å². The fourth-order valence-corrected chi connectivity index (χ4v) is 2.84. The lowest BCUT2D eigenvalue weighted by Crippen LogP contribution is -1.95. The van der Waals surface area contributed by atoms with E-state index >= 15 is 0 Å². The van der Waals surface area contributed by atoms with Gasteiger partial charge in [0.2, 0.25) is 5.89 Å². The number of hydrogen-bond acceptors (Lipinski definition) is 5. The van der Waals surface area contributed by atoms with Crippen LogP contribution in [0.2, 0.25) is 0 Å². The maximum atomic E-state index is 5.78. The third-order valence-corrected chi connectivity index (χ3v) is 4.10. The van der Waals surface area contributed by atoms with Gasteiger partial charge in [0.15, 0.2) is 0 Å². The first kappa shape index (κ1) is 13.0. The molecule has 0 spiro atoms. The van der Waals surface area contributed by atoms with Crippen LogP contribution in [0.25, 0.3) is 21.7 Å². The lowest BCUT2D eigenvalue weighted by atomic mass is 10.2. The second-order valence-corrected chi connectivity index (χ2v) is 5.72. The highest BCUT2D eigenvalue weighted by Gasteiger charge is 2.08. The Hall–Kier alpha value is -2.66. The van der Waals surface area contributed by atoms with Gasteiger partial charge in [-0.3, -0.25) is 4.98 Å². The van der Waals surface area contributed by atoms with Crippen LogP contribution in [0, 0.1) is 0 Å². The van der Waals surface area contributed by atoms with Gasteiger partial charge in [0.05, 0.1) is 10.4 Å². The Balaban J connectivity index is 1.49. The minimum absolute atomic E-state index is 0.376. The third kappa shape index (κ3) is 2.58. The maximum absolute atomic E-state index is 5.78. The Labute approximate surface area is 131 Å². The van der Waals surface area contributed by atoms with Crippen molar-refractivity contribution in [3.8, 4) is 16.5 Å². The summed E-state index contributed by atoms with van der Waals surface area (Å²) < 4.78 is 11.3. The molecule has 0 radical (unpaired) electrons. The molecule has 3 heterocycles. The average Bonchev–Trinajstić information content (AvgIpc) is 3.24. The summed E-state index contributed by atoms with van der Waals surface area (Å²) in [5, 5.41) is 3.05. The van der Waals surface area contributed by atoms with E-state index < -0.39 is 0 Å².